The summed E-state index contributed by atoms with van der Waals surface area (Å²) in [5.41, 5.74) is 0. The Bertz CT molecular complexity index is 104. The molecule has 0 rings (SSSR count). The van der Waals surface area contributed by atoms with E-state index in [0.717, 1.165) is 6.42 Å². The predicted octanol–water partition coefficient (Wildman–Crippen LogP) is 1.02. The lowest BCUT2D eigenvalue weighted by Crippen LogP contribution is -2.15. The second-order valence-corrected chi connectivity index (χ2v) is 2.25. The Labute approximate surface area is 61.5 Å². The van der Waals surface area contributed by atoms with Gasteiger partial charge in [0.2, 0.25) is 0 Å². The van der Waals surface area contributed by atoms with Crippen LogP contribution in [0.5, 0.6) is 0 Å². The molecule has 1 atom stereocenters. The summed E-state index contributed by atoms with van der Waals surface area (Å²) in [7, 11) is 0. The fourth-order valence-corrected chi connectivity index (χ4v) is 0.483. The van der Waals surface area contributed by atoms with Gasteiger partial charge in [-0.05, 0) is 6.42 Å². The predicted molar refractivity (Wildman–Crippen MR) is 40.2 cm³/mol. The molecule has 0 heterocycles. The van der Waals surface area contributed by atoms with Crippen molar-refractivity contribution in [1.29, 1.82) is 5.41 Å². The van der Waals surface area contributed by atoms with Gasteiger partial charge in [0.25, 0.3) is 0 Å². The highest BCUT2D eigenvalue weighted by Crippen LogP contribution is 2.02. The number of nitrogens with one attached hydrogen (secondary N) is 1. The summed E-state index contributed by atoms with van der Waals surface area (Å²) in [5, 5.41) is 15.6. The summed E-state index contributed by atoms with van der Waals surface area (Å²) in [6, 6.07) is 0. The molecule has 0 aliphatic rings. The molecular weight excluding hydrogens is 130 g/mol. The van der Waals surface area contributed by atoms with Crippen LogP contribution in [0, 0.1) is 11.3 Å². The smallest absolute Gasteiger partial charge is 0.183 e. The van der Waals surface area contributed by atoms with Gasteiger partial charge in [0.1, 0.15) is 6.61 Å². The molecule has 0 amide bonds. The zero-order chi connectivity index (χ0) is 7.98. The van der Waals surface area contributed by atoms with Crippen molar-refractivity contribution in [2.45, 2.75) is 20.3 Å². The monoisotopic (exact) mass is 145 g/mol. The van der Waals surface area contributed by atoms with Crippen molar-refractivity contribution in [1.82, 2.24) is 0 Å². The van der Waals surface area contributed by atoms with E-state index in [2.05, 4.69) is 0 Å². The van der Waals surface area contributed by atoms with Crippen LogP contribution in [0.25, 0.3) is 0 Å². The molecule has 10 heavy (non-hydrogen) atoms. The lowest BCUT2D eigenvalue weighted by molar-refractivity contribution is 0.184. The molecule has 0 aromatic carbocycles. The Morgan fingerprint density at radius 2 is 2.30 bits per heavy atom. The van der Waals surface area contributed by atoms with Crippen molar-refractivity contribution >= 4 is 5.90 Å². The zero-order valence-electron chi connectivity index (χ0n) is 6.55. The van der Waals surface area contributed by atoms with Gasteiger partial charge in [-0.15, -0.1) is 0 Å². The van der Waals surface area contributed by atoms with Crippen LogP contribution in [0.3, 0.4) is 0 Å². The van der Waals surface area contributed by atoms with E-state index in [9.17, 15) is 0 Å². The first-order valence-corrected chi connectivity index (χ1v) is 3.54. The van der Waals surface area contributed by atoms with E-state index in [1.165, 1.54) is 0 Å². The average molecular weight is 145 g/mol. The Hall–Kier alpha value is -0.570. The van der Waals surface area contributed by atoms with Gasteiger partial charge < -0.3 is 9.84 Å². The van der Waals surface area contributed by atoms with Crippen LogP contribution >= 0.6 is 0 Å². The largest absolute Gasteiger partial charge is 0.479 e. The molecule has 60 valence electrons. The van der Waals surface area contributed by atoms with E-state index in [0.29, 0.717) is 0 Å². The molecule has 0 aromatic rings. The van der Waals surface area contributed by atoms with E-state index in [1.54, 1.807) is 0 Å². The summed E-state index contributed by atoms with van der Waals surface area (Å²) in [6.07, 6.45) is 0.907. The van der Waals surface area contributed by atoms with Crippen LogP contribution in [0.2, 0.25) is 0 Å². The Morgan fingerprint density at radius 1 is 1.70 bits per heavy atom. The molecule has 0 aliphatic heterocycles. The van der Waals surface area contributed by atoms with Gasteiger partial charge in [-0.2, -0.15) is 0 Å². The zero-order valence-corrected chi connectivity index (χ0v) is 6.55. The minimum Gasteiger partial charge on any atom is -0.479 e. The fraction of sp³-hybridized carbons (Fsp3) is 0.857. The first kappa shape index (κ1) is 9.43. The highest BCUT2D eigenvalue weighted by Gasteiger charge is 2.05. The summed E-state index contributed by atoms with van der Waals surface area (Å²) in [6.45, 7) is 4.16. The van der Waals surface area contributed by atoms with Gasteiger partial charge in [0, 0.05) is 5.92 Å². The Balaban J connectivity index is 3.42. The van der Waals surface area contributed by atoms with E-state index in [1.807, 2.05) is 13.8 Å². The molecule has 0 saturated heterocycles. The van der Waals surface area contributed by atoms with Gasteiger partial charge in [-0.3, -0.25) is 5.41 Å². The normalized spacial score (nSPS) is 12.7. The van der Waals surface area contributed by atoms with Crippen LogP contribution in [-0.4, -0.2) is 24.2 Å². The molecule has 2 N–H and O–H groups in total. The lowest BCUT2D eigenvalue weighted by Gasteiger charge is -2.10. The summed E-state index contributed by atoms with van der Waals surface area (Å²) in [5.74, 6) is 0.447. The maximum absolute atomic E-state index is 8.35. The minimum absolute atomic E-state index is 0.0151. The quantitative estimate of drug-likeness (QED) is 0.458. The second-order valence-electron chi connectivity index (χ2n) is 2.25. The van der Waals surface area contributed by atoms with Crippen LogP contribution in [0.15, 0.2) is 0 Å². The number of aliphatic hydroxyl groups is 1. The minimum atomic E-state index is -0.0151. The van der Waals surface area contributed by atoms with Crippen LogP contribution < -0.4 is 0 Å². The lowest BCUT2D eigenvalue weighted by atomic mass is 10.1. The molecule has 0 spiro atoms. The molecule has 0 saturated carbocycles. The molecule has 0 aliphatic carbocycles. The molecular formula is C7H15NO2. The number of aliphatic hydroxyl groups excluding tert-OH is 1. The van der Waals surface area contributed by atoms with Gasteiger partial charge in [-0.1, -0.05) is 13.8 Å². The maximum atomic E-state index is 8.35. The highest BCUT2D eigenvalue weighted by molar-refractivity contribution is 5.74. The van der Waals surface area contributed by atoms with Crippen molar-refractivity contribution in [3.8, 4) is 0 Å². The van der Waals surface area contributed by atoms with E-state index in [4.69, 9.17) is 15.3 Å². The highest BCUT2D eigenvalue weighted by atomic mass is 16.5. The molecule has 0 unspecified atom stereocenters. The molecule has 0 fully saturated rings. The first-order valence-electron chi connectivity index (χ1n) is 3.54. The molecule has 3 nitrogen and oxygen atoms in total. The fourth-order valence-electron chi connectivity index (χ4n) is 0.483. The van der Waals surface area contributed by atoms with Crippen molar-refractivity contribution in [2.24, 2.45) is 5.92 Å². The topological polar surface area (TPSA) is 53.3 Å². The van der Waals surface area contributed by atoms with Crippen molar-refractivity contribution in [3.63, 3.8) is 0 Å². The van der Waals surface area contributed by atoms with Gasteiger partial charge >= 0.3 is 0 Å². The SMILES string of the molecule is CC[C@@H](C)C(=N)OCCO. The second kappa shape index (κ2) is 5.23. The van der Waals surface area contributed by atoms with Crippen molar-refractivity contribution < 1.29 is 9.84 Å². The Morgan fingerprint density at radius 3 is 2.70 bits per heavy atom. The van der Waals surface area contributed by atoms with Crippen LogP contribution in [0.1, 0.15) is 20.3 Å². The van der Waals surface area contributed by atoms with Gasteiger partial charge in [0.05, 0.1) is 6.61 Å². The third kappa shape index (κ3) is 3.45. The Kier molecular flexibility index (Phi) is 4.94. The summed E-state index contributed by atoms with van der Waals surface area (Å²) >= 11 is 0. The van der Waals surface area contributed by atoms with Crippen molar-refractivity contribution in [3.05, 3.63) is 0 Å². The standard InChI is InChI=1S/C7H15NO2/c1-3-6(2)7(8)10-5-4-9/h6,8-9H,3-5H2,1-2H3/t6-/m1/s1. The first-order chi connectivity index (χ1) is 4.72. The molecule has 0 aromatic heterocycles. The number of hydrogen-bond donors (Lipinski definition) is 2. The summed E-state index contributed by atoms with van der Waals surface area (Å²) < 4.78 is 4.88. The summed E-state index contributed by atoms with van der Waals surface area (Å²) in [4.78, 5) is 0. The third-order valence-corrected chi connectivity index (χ3v) is 1.41. The maximum Gasteiger partial charge on any atom is 0.183 e. The van der Waals surface area contributed by atoms with E-state index < -0.39 is 0 Å². The number of ether oxygens (including phenoxy) is 1. The number of rotatable bonds is 4. The van der Waals surface area contributed by atoms with Crippen molar-refractivity contribution in [2.75, 3.05) is 13.2 Å². The van der Waals surface area contributed by atoms with E-state index >= 15 is 0 Å². The average Bonchev–Trinajstić information content (AvgIpc) is 1.98. The molecule has 0 radical (unpaired) electrons. The van der Waals surface area contributed by atoms with E-state index in [-0.39, 0.29) is 25.0 Å². The van der Waals surface area contributed by atoms with Gasteiger partial charge in [0.15, 0.2) is 5.90 Å². The molecule has 3 heteroatoms. The van der Waals surface area contributed by atoms with Crippen LogP contribution in [-0.2, 0) is 4.74 Å². The number of hydrogen-bond acceptors (Lipinski definition) is 3. The van der Waals surface area contributed by atoms with Gasteiger partial charge in [-0.25, -0.2) is 0 Å². The van der Waals surface area contributed by atoms with Crippen LogP contribution in [0.4, 0.5) is 0 Å². The third-order valence-electron chi connectivity index (χ3n) is 1.41. The molecule has 0 bridgehead atoms.